The van der Waals surface area contributed by atoms with Crippen LogP contribution in [0.5, 0.6) is 0 Å². The number of aliphatic hydroxyl groups is 1. The summed E-state index contributed by atoms with van der Waals surface area (Å²) in [6.45, 7) is 0.895. The maximum Gasteiger partial charge on any atom is 0.270 e. The summed E-state index contributed by atoms with van der Waals surface area (Å²) in [5.41, 5.74) is 2.16. The summed E-state index contributed by atoms with van der Waals surface area (Å²) in [5.74, 6) is 0.0341. The van der Waals surface area contributed by atoms with Crippen molar-refractivity contribution in [3.63, 3.8) is 0 Å². The number of carbonyl (C=O) groups is 1. The van der Waals surface area contributed by atoms with E-state index < -0.39 is 0 Å². The van der Waals surface area contributed by atoms with Crippen molar-refractivity contribution in [2.45, 2.75) is 31.7 Å². The van der Waals surface area contributed by atoms with Gasteiger partial charge < -0.3 is 19.4 Å². The number of unbranched alkanes of at least 4 members (excludes halogenated alkanes) is 1. The molecule has 19 heavy (non-hydrogen) atoms. The topological polar surface area (TPSA) is 69.5 Å². The number of nitrogens with zero attached hydrogens (tertiary/aromatic N) is 1. The third-order valence-electron chi connectivity index (χ3n) is 3.53. The molecule has 1 aliphatic carbocycles. The van der Waals surface area contributed by atoms with Crippen molar-refractivity contribution >= 4 is 17.0 Å². The molecule has 1 fully saturated rings. The van der Waals surface area contributed by atoms with Crippen molar-refractivity contribution in [1.29, 1.82) is 0 Å². The highest BCUT2D eigenvalue weighted by molar-refractivity contribution is 5.97. The van der Waals surface area contributed by atoms with Gasteiger partial charge in [0.1, 0.15) is 5.69 Å². The zero-order chi connectivity index (χ0) is 13.2. The Morgan fingerprint density at radius 2 is 2.32 bits per heavy atom. The molecule has 0 radical (unpaired) electrons. The highest BCUT2D eigenvalue weighted by Crippen LogP contribution is 2.29. The lowest BCUT2D eigenvalue weighted by molar-refractivity contribution is 0.0732. The Labute approximate surface area is 111 Å². The van der Waals surface area contributed by atoms with Crippen molar-refractivity contribution in [1.82, 2.24) is 9.88 Å². The summed E-state index contributed by atoms with van der Waals surface area (Å²) < 4.78 is 5.27. The molecule has 0 unspecified atom stereocenters. The Balaban J connectivity index is 1.73. The number of furan rings is 1. The second-order valence-electron chi connectivity index (χ2n) is 5.04. The van der Waals surface area contributed by atoms with E-state index in [2.05, 4.69) is 4.98 Å². The lowest BCUT2D eigenvalue weighted by Crippen LogP contribution is -2.34. The molecule has 3 rings (SSSR count). The van der Waals surface area contributed by atoms with Crippen molar-refractivity contribution in [3.05, 3.63) is 24.1 Å². The number of fused-ring (bicyclic) bond motifs is 1. The molecule has 1 saturated carbocycles. The van der Waals surface area contributed by atoms with Crippen LogP contribution in [0.25, 0.3) is 11.1 Å². The van der Waals surface area contributed by atoms with Crippen LogP contribution < -0.4 is 0 Å². The van der Waals surface area contributed by atoms with E-state index in [1.807, 2.05) is 11.0 Å². The number of H-pyrrole nitrogens is 1. The van der Waals surface area contributed by atoms with E-state index in [9.17, 15) is 4.79 Å². The Morgan fingerprint density at radius 3 is 3.00 bits per heavy atom. The summed E-state index contributed by atoms with van der Waals surface area (Å²) in [4.78, 5) is 17.5. The van der Waals surface area contributed by atoms with Gasteiger partial charge in [0, 0.05) is 31.3 Å². The second-order valence-corrected chi connectivity index (χ2v) is 5.04. The van der Waals surface area contributed by atoms with Gasteiger partial charge in [0.2, 0.25) is 0 Å². The molecule has 102 valence electrons. The third kappa shape index (κ3) is 2.51. The van der Waals surface area contributed by atoms with Crippen molar-refractivity contribution in [2.24, 2.45) is 0 Å². The molecule has 0 saturated heterocycles. The molecular weight excluding hydrogens is 244 g/mol. The normalized spacial score (nSPS) is 15.0. The number of aromatic amines is 1. The Hall–Kier alpha value is -1.75. The van der Waals surface area contributed by atoms with Crippen LogP contribution in [0.2, 0.25) is 0 Å². The van der Waals surface area contributed by atoms with Crippen molar-refractivity contribution in [3.8, 4) is 0 Å². The number of hydrogen-bond donors (Lipinski definition) is 2. The van der Waals surface area contributed by atoms with Gasteiger partial charge in [-0.15, -0.1) is 0 Å². The van der Waals surface area contributed by atoms with Gasteiger partial charge >= 0.3 is 0 Å². The fourth-order valence-electron chi connectivity index (χ4n) is 2.35. The zero-order valence-corrected chi connectivity index (χ0v) is 10.8. The average molecular weight is 262 g/mol. The second kappa shape index (κ2) is 5.09. The van der Waals surface area contributed by atoms with E-state index >= 15 is 0 Å². The first-order valence-corrected chi connectivity index (χ1v) is 6.77. The molecule has 2 aromatic heterocycles. The van der Waals surface area contributed by atoms with Crippen LogP contribution in [0.15, 0.2) is 22.8 Å². The number of aromatic nitrogens is 1. The average Bonchev–Trinajstić information content (AvgIpc) is 2.99. The van der Waals surface area contributed by atoms with Crippen LogP contribution in [0.1, 0.15) is 36.2 Å². The minimum atomic E-state index is 0.0341. The highest BCUT2D eigenvalue weighted by Gasteiger charge is 2.33. The highest BCUT2D eigenvalue weighted by atomic mass is 16.3. The van der Waals surface area contributed by atoms with Crippen LogP contribution in [0.3, 0.4) is 0 Å². The third-order valence-corrected chi connectivity index (χ3v) is 3.53. The van der Waals surface area contributed by atoms with Gasteiger partial charge in [-0.05, 0) is 25.7 Å². The lowest BCUT2D eigenvalue weighted by atomic mass is 10.2. The molecule has 2 aromatic rings. The summed E-state index contributed by atoms with van der Waals surface area (Å²) in [6.07, 6.45) is 5.36. The van der Waals surface area contributed by atoms with Crippen molar-refractivity contribution < 1.29 is 14.3 Å². The van der Waals surface area contributed by atoms with Crippen LogP contribution in [0, 0.1) is 0 Å². The first-order chi connectivity index (χ1) is 9.29. The number of carbonyl (C=O) groups excluding carboxylic acids is 1. The van der Waals surface area contributed by atoms with Crippen LogP contribution in [-0.2, 0) is 0 Å². The van der Waals surface area contributed by atoms with Gasteiger partial charge in [-0.3, -0.25) is 4.79 Å². The molecule has 0 spiro atoms. The Morgan fingerprint density at radius 1 is 1.47 bits per heavy atom. The molecule has 1 aliphatic rings. The van der Waals surface area contributed by atoms with Crippen LogP contribution >= 0.6 is 0 Å². The van der Waals surface area contributed by atoms with E-state index in [1.54, 1.807) is 12.3 Å². The molecule has 5 nitrogen and oxygen atoms in total. The summed E-state index contributed by atoms with van der Waals surface area (Å²) >= 11 is 0. The maximum absolute atomic E-state index is 12.5. The minimum Gasteiger partial charge on any atom is -0.463 e. The molecule has 0 bridgehead atoms. The minimum absolute atomic E-state index is 0.0341. The zero-order valence-electron chi connectivity index (χ0n) is 10.8. The largest absolute Gasteiger partial charge is 0.463 e. The van der Waals surface area contributed by atoms with Gasteiger partial charge in [0.05, 0.1) is 11.8 Å². The molecule has 0 aromatic carbocycles. The van der Waals surface area contributed by atoms with Crippen LogP contribution in [0.4, 0.5) is 0 Å². The number of nitrogens with one attached hydrogen (secondary N) is 1. The fourth-order valence-corrected chi connectivity index (χ4v) is 2.35. The van der Waals surface area contributed by atoms with Gasteiger partial charge in [-0.25, -0.2) is 0 Å². The van der Waals surface area contributed by atoms with E-state index in [0.717, 1.165) is 36.8 Å². The SMILES string of the molecule is O=C(c1cc2occc2[nH]1)N(CCCCO)C1CC1. The van der Waals surface area contributed by atoms with Crippen molar-refractivity contribution in [2.75, 3.05) is 13.2 Å². The van der Waals surface area contributed by atoms with E-state index in [1.165, 1.54) is 0 Å². The molecule has 0 atom stereocenters. The molecule has 0 aliphatic heterocycles. The van der Waals surface area contributed by atoms with Gasteiger partial charge in [0.15, 0.2) is 5.58 Å². The Kier molecular flexibility index (Phi) is 3.29. The Bertz CT molecular complexity index is 540. The monoisotopic (exact) mass is 262 g/mol. The number of aliphatic hydroxyl groups excluding tert-OH is 1. The predicted octanol–water partition coefficient (Wildman–Crippen LogP) is 2.14. The molecule has 5 heteroatoms. The van der Waals surface area contributed by atoms with E-state index in [-0.39, 0.29) is 12.5 Å². The number of rotatable bonds is 6. The van der Waals surface area contributed by atoms with Gasteiger partial charge in [0.25, 0.3) is 5.91 Å². The molecule has 1 amide bonds. The van der Waals surface area contributed by atoms with E-state index in [0.29, 0.717) is 18.3 Å². The summed E-state index contributed by atoms with van der Waals surface area (Å²) in [6, 6.07) is 3.96. The van der Waals surface area contributed by atoms with Crippen LogP contribution in [-0.4, -0.2) is 40.1 Å². The predicted molar refractivity (Wildman–Crippen MR) is 70.9 cm³/mol. The van der Waals surface area contributed by atoms with Gasteiger partial charge in [-0.2, -0.15) is 0 Å². The van der Waals surface area contributed by atoms with Gasteiger partial charge in [-0.1, -0.05) is 0 Å². The standard InChI is InChI=1S/C14H18N2O3/c17-7-2-1-6-16(10-3-4-10)14(18)12-9-13-11(15-12)5-8-19-13/h5,8-10,15,17H,1-4,6-7H2. The quantitative estimate of drug-likeness (QED) is 0.784. The first-order valence-electron chi connectivity index (χ1n) is 6.77. The maximum atomic E-state index is 12.5. The lowest BCUT2D eigenvalue weighted by Gasteiger charge is -2.21. The summed E-state index contributed by atoms with van der Waals surface area (Å²) in [5, 5.41) is 8.83. The van der Waals surface area contributed by atoms with E-state index in [4.69, 9.17) is 9.52 Å². The fraction of sp³-hybridized carbons (Fsp3) is 0.500. The first kappa shape index (κ1) is 12.3. The smallest absolute Gasteiger partial charge is 0.270 e. The number of amides is 1. The molecule has 2 N–H and O–H groups in total. The molecular formula is C14H18N2O3. The summed E-state index contributed by atoms with van der Waals surface area (Å²) in [7, 11) is 0. The molecule has 2 heterocycles. The number of hydrogen-bond acceptors (Lipinski definition) is 3.